The summed E-state index contributed by atoms with van der Waals surface area (Å²) < 4.78 is 0. The van der Waals surface area contributed by atoms with Gasteiger partial charge in [0.15, 0.2) is 0 Å². The highest BCUT2D eigenvalue weighted by atomic mass is 16.1. The van der Waals surface area contributed by atoms with Gasteiger partial charge in [0.05, 0.1) is 6.04 Å². The molecule has 1 unspecified atom stereocenters. The topological polar surface area (TPSA) is 55.1 Å². The third kappa shape index (κ3) is 5.32. The standard InChI is InChI=1S/C15H24N2O/c1-11-6-4-8-14(10-11)13(3)17-15(18)9-5-7-12(2)16/h4,6,8,10,12-13H,5,7,9,16H2,1-3H3,(H,17,18)/t12?,13-/m0/s1. The van der Waals surface area contributed by atoms with Gasteiger partial charge in [-0.2, -0.15) is 0 Å². The minimum atomic E-state index is 0.0627. The Morgan fingerprint density at radius 1 is 1.39 bits per heavy atom. The smallest absolute Gasteiger partial charge is 0.220 e. The molecule has 2 atom stereocenters. The molecule has 1 aromatic carbocycles. The third-order valence-electron chi connectivity index (χ3n) is 2.98. The Kier molecular flexibility index (Phi) is 5.86. The average molecular weight is 248 g/mol. The van der Waals surface area contributed by atoms with Crippen LogP contribution in [0.25, 0.3) is 0 Å². The van der Waals surface area contributed by atoms with Gasteiger partial charge in [-0.25, -0.2) is 0 Å². The highest BCUT2D eigenvalue weighted by Gasteiger charge is 2.09. The minimum absolute atomic E-state index is 0.0627. The molecule has 0 aromatic heterocycles. The molecule has 0 bridgehead atoms. The number of carbonyl (C=O) groups excluding carboxylic acids is 1. The third-order valence-corrected chi connectivity index (χ3v) is 2.98. The van der Waals surface area contributed by atoms with Crippen LogP contribution in [-0.2, 0) is 4.79 Å². The fourth-order valence-corrected chi connectivity index (χ4v) is 1.92. The summed E-state index contributed by atoms with van der Waals surface area (Å²) in [5.41, 5.74) is 8.02. The molecule has 0 aliphatic heterocycles. The van der Waals surface area contributed by atoms with Crippen LogP contribution in [0, 0.1) is 6.92 Å². The van der Waals surface area contributed by atoms with Crippen LogP contribution in [-0.4, -0.2) is 11.9 Å². The highest BCUT2D eigenvalue weighted by Crippen LogP contribution is 2.14. The normalized spacial score (nSPS) is 14.0. The number of hydrogen-bond donors (Lipinski definition) is 2. The van der Waals surface area contributed by atoms with Gasteiger partial charge in [-0.3, -0.25) is 4.79 Å². The molecule has 0 saturated heterocycles. The molecule has 3 nitrogen and oxygen atoms in total. The molecule has 0 radical (unpaired) electrons. The van der Waals surface area contributed by atoms with Crippen LogP contribution in [0.3, 0.4) is 0 Å². The van der Waals surface area contributed by atoms with Crippen LogP contribution in [0.1, 0.15) is 50.3 Å². The number of nitrogens with two attached hydrogens (primary N) is 1. The van der Waals surface area contributed by atoms with Crippen LogP contribution in [0.15, 0.2) is 24.3 Å². The van der Waals surface area contributed by atoms with E-state index in [1.807, 2.05) is 26.0 Å². The molecule has 0 aliphatic rings. The van der Waals surface area contributed by atoms with Crippen molar-refractivity contribution in [2.75, 3.05) is 0 Å². The second-order valence-electron chi connectivity index (χ2n) is 5.07. The summed E-state index contributed by atoms with van der Waals surface area (Å²) in [5.74, 6) is 0.102. The van der Waals surface area contributed by atoms with Gasteiger partial charge in [-0.05, 0) is 39.2 Å². The monoisotopic (exact) mass is 248 g/mol. The summed E-state index contributed by atoms with van der Waals surface area (Å²) in [6.45, 7) is 6.03. The van der Waals surface area contributed by atoms with Gasteiger partial charge in [-0.15, -0.1) is 0 Å². The molecule has 1 amide bonds. The molecule has 0 saturated carbocycles. The SMILES string of the molecule is Cc1cccc([C@H](C)NC(=O)CCCC(C)N)c1. The Morgan fingerprint density at radius 2 is 2.11 bits per heavy atom. The summed E-state index contributed by atoms with van der Waals surface area (Å²) in [6, 6.07) is 8.45. The first-order valence-electron chi connectivity index (χ1n) is 6.60. The van der Waals surface area contributed by atoms with E-state index in [0.29, 0.717) is 6.42 Å². The maximum absolute atomic E-state index is 11.7. The number of carbonyl (C=O) groups is 1. The van der Waals surface area contributed by atoms with E-state index in [0.717, 1.165) is 18.4 Å². The first-order chi connectivity index (χ1) is 8.49. The largest absolute Gasteiger partial charge is 0.350 e. The van der Waals surface area contributed by atoms with Crippen LogP contribution < -0.4 is 11.1 Å². The van der Waals surface area contributed by atoms with E-state index >= 15 is 0 Å². The van der Waals surface area contributed by atoms with Crippen LogP contribution in [0.5, 0.6) is 0 Å². The van der Waals surface area contributed by atoms with Crippen molar-refractivity contribution in [3.8, 4) is 0 Å². The lowest BCUT2D eigenvalue weighted by Crippen LogP contribution is -2.26. The summed E-state index contributed by atoms with van der Waals surface area (Å²) >= 11 is 0. The number of hydrogen-bond acceptors (Lipinski definition) is 2. The maximum atomic E-state index is 11.7. The van der Waals surface area contributed by atoms with Crippen LogP contribution >= 0.6 is 0 Å². The minimum Gasteiger partial charge on any atom is -0.350 e. The predicted octanol–water partition coefficient (Wildman–Crippen LogP) is 2.69. The van der Waals surface area contributed by atoms with Crippen molar-refractivity contribution in [3.05, 3.63) is 35.4 Å². The molecule has 1 aromatic rings. The van der Waals surface area contributed by atoms with Crippen molar-refractivity contribution in [1.29, 1.82) is 0 Å². The lowest BCUT2D eigenvalue weighted by molar-refractivity contribution is -0.121. The zero-order chi connectivity index (χ0) is 13.5. The number of rotatable bonds is 6. The zero-order valence-electron chi connectivity index (χ0n) is 11.6. The van der Waals surface area contributed by atoms with Gasteiger partial charge in [0.1, 0.15) is 0 Å². The first-order valence-corrected chi connectivity index (χ1v) is 6.60. The number of amides is 1. The Morgan fingerprint density at radius 3 is 2.72 bits per heavy atom. The summed E-state index contributed by atoms with van der Waals surface area (Å²) in [4.78, 5) is 11.7. The second-order valence-corrected chi connectivity index (χ2v) is 5.07. The van der Waals surface area contributed by atoms with Crippen LogP contribution in [0.2, 0.25) is 0 Å². The van der Waals surface area contributed by atoms with Crippen molar-refractivity contribution < 1.29 is 4.79 Å². The molecule has 0 fully saturated rings. The van der Waals surface area contributed by atoms with Gasteiger partial charge >= 0.3 is 0 Å². The Hall–Kier alpha value is -1.35. The molecular formula is C15H24N2O. The average Bonchev–Trinajstić information content (AvgIpc) is 2.28. The van der Waals surface area contributed by atoms with Gasteiger partial charge in [0.2, 0.25) is 5.91 Å². The lowest BCUT2D eigenvalue weighted by Gasteiger charge is -2.15. The molecule has 0 aliphatic carbocycles. The van der Waals surface area contributed by atoms with E-state index in [1.54, 1.807) is 0 Å². The summed E-state index contributed by atoms with van der Waals surface area (Å²) in [7, 11) is 0. The van der Waals surface area contributed by atoms with E-state index in [2.05, 4.69) is 24.4 Å². The maximum Gasteiger partial charge on any atom is 0.220 e. The van der Waals surface area contributed by atoms with Crippen molar-refractivity contribution in [2.24, 2.45) is 5.73 Å². The Bertz CT molecular complexity index is 388. The molecule has 100 valence electrons. The molecule has 3 heteroatoms. The van der Waals surface area contributed by atoms with E-state index in [-0.39, 0.29) is 18.0 Å². The van der Waals surface area contributed by atoms with E-state index in [1.165, 1.54) is 5.56 Å². The van der Waals surface area contributed by atoms with Crippen molar-refractivity contribution >= 4 is 5.91 Å². The fraction of sp³-hybridized carbons (Fsp3) is 0.533. The van der Waals surface area contributed by atoms with Gasteiger partial charge in [0.25, 0.3) is 0 Å². The van der Waals surface area contributed by atoms with Crippen molar-refractivity contribution in [2.45, 2.75) is 52.1 Å². The Balaban J connectivity index is 2.40. The van der Waals surface area contributed by atoms with Gasteiger partial charge < -0.3 is 11.1 Å². The van der Waals surface area contributed by atoms with Gasteiger partial charge in [0, 0.05) is 12.5 Å². The molecule has 3 N–H and O–H groups in total. The quantitative estimate of drug-likeness (QED) is 0.813. The second kappa shape index (κ2) is 7.17. The van der Waals surface area contributed by atoms with E-state index in [4.69, 9.17) is 5.73 Å². The summed E-state index contributed by atoms with van der Waals surface area (Å²) in [6.07, 6.45) is 2.30. The lowest BCUT2D eigenvalue weighted by atomic mass is 10.1. The predicted molar refractivity (Wildman–Crippen MR) is 75.2 cm³/mol. The fourth-order valence-electron chi connectivity index (χ4n) is 1.92. The molecular weight excluding hydrogens is 224 g/mol. The van der Waals surface area contributed by atoms with Crippen molar-refractivity contribution in [1.82, 2.24) is 5.32 Å². The zero-order valence-corrected chi connectivity index (χ0v) is 11.6. The molecule has 0 spiro atoms. The number of aryl methyl sites for hydroxylation is 1. The van der Waals surface area contributed by atoms with E-state index in [9.17, 15) is 4.79 Å². The van der Waals surface area contributed by atoms with Crippen LogP contribution in [0.4, 0.5) is 0 Å². The molecule has 0 heterocycles. The number of nitrogens with one attached hydrogen (secondary N) is 1. The van der Waals surface area contributed by atoms with Gasteiger partial charge in [-0.1, -0.05) is 29.8 Å². The highest BCUT2D eigenvalue weighted by molar-refractivity contribution is 5.76. The molecule has 1 rings (SSSR count). The first kappa shape index (κ1) is 14.7. The Labute approximate surface area is 110 Å². The van der Waals surface area contributed by atoms with Crippen molar-refractivity contribution in [3.63, 3.8) is 0 Å². The number of benzene rings is 1. The van der Waals surface area contributed by atoms with E-state index < -0.39 is 0 Å². The molecule has 18 heavy (non-hydrogen) atoms. The summed E-state index contributed by atoms with van der Waals surface area (Å²) in [5, 5.41) is 3.02.